The number of hydrogen-bond acceptors (Lipinski definition) is 7. The molecular formula is C26H22F2N6O3. The lowest BCUT2D eigenvalue weighted by molar-refractivity contribution is 0.0526. The average molecular weight is 504 g/mol. The van der Waals surface area contributed by atoms with Gasteiger partial charge in [0.1, 0.15) is 22.7 Å². The maximum Gasteiger partial charge on any atom is 0.341 e. The fraction of sp³-hybridized carbons (Fsp3) is 0.192. The van der Waals surface area contributed by atoms with Gasteiger partial charge in [-0.2, -0.15) is 15.2 Å². The average Bonchev–Trinajstić information content (AvgIpc) is 3.54. The van der Waals surface area contributed by atoms with Gasteiger partial charge in [-0.05, 0) is 37.1 Å². The predicted molar refractivity (Wildman–Crippen MR) is 131 cm³/mol. The van der Waals surface area contributed by atoms with E-state index >= 15 is 4.39 Å². The molecule has 3 aromatic heterocycles. The fourth-order valence-corrected chi connectivity index (χ4v) is 4.06. The van der Waals surface area contributed by atoms with E-state index in [2.05, 4.69) is 20.2 Å². The molecule has 0 unspecified atom stereocenters. The van der Waals surface area contributed by atoms with Crippen LogP contribution >= 0.6 is 0 Å². The summed E-state index contributed by atoms with van der Waals surface area (Å²) < 4.78 is 42.8. The minimum absolute atomic E-state index is 0.0710. The van der Waals surface area contributed by atoms with Gasteiger partial charge in [0, 0.05) is 17.3 Å². The van der Waals surface area contributed by atoms with E-state index in [0.29, 0.717) is 27.7 Å². The zero-order valence-electron chi connectivity index (χ0n) is 20.3. The summed E-state index contributed by atoms with van der Waals surface area (Å²) in [6.45, 7) is 3.83. The number of carbonyl (C=O) groups excluding carboxylic acids is 1. The molecule has 0 aliphatic heterocycles. The Morgan fingerprint density at radius 3 is 2.59 bits per heavy atom. The smallest absolute Gasteiger partial charge is 0.341 e. The lowest BCUT2D eigenvalue weighted by Gasteiger charge is -2.12. The molecule has 0 aliphatic carbocycles. The van der Waals surface area contributed by atoms with Crippen LogP contribution in [0.25, 0.3) is 28.1 Å². The van der Waals surface area contributed by atoms with Gasteiger partial charge in [-0.1, -0.05) is 24.3 Å². The Bertz CT molecular complexity index is 1630. The van der Waals surface area contributed by atoms with Crippen molar-refractivity contribution in [3.8, 4) is 23.0 Å². The first-order valence-corrected chi connectivity index (χ1v) is 11.4. The number of hydrogen-bond donors (Lipinski definition) is 0. The van der Waals surface area contributed by atoms with Crippen LogP contribution in [0.3, 0.4) is 0 Å². The standard InChI is InChI=1S/C26H22F2N6O3/c1-4-37-25(35)17-11-29-34(14-17)26-31-22-12-30-33(23(22)24(32-26)36-3)13-16-9-15(2)19(10-21(16)28)18-7-5-6-8-20(18)27/h5-12,14H,4,13H2,1-3H3. The molecule has 11 heteroatoms. The summed E-state index contributed by atoms with van der Waals surface area (Å²) in [5.74, 6) is -1.05. The Labute approximate surface area is 210 Å². The summed E-state index contributed by atoms with van der Waals surface area (Å²) in [7, 11) is 1.45. The number of fused-ring (bicyclic) bond motifs is 1. The van der Waals surface area contributed by atoms with Crippen molar-refractivity contribution in [1.82, 2.24) is 29.5 Å². The van der Waals surface area contributed by atoms with Gasteiger partial charge in [-0.3, -0.25) is 4.68 Å². The number of nitrogens with zero attached hydrogens (tertiary/aromatic N) is 6. The molecule has 188 valence electrons. The molecule has 5 aromatic rings. The van der Waals surface area contributed by atoms with E-state index in [9.17, 15) is 9.18 Å². The number of aromatic nitrogens is 6. The van der Waals surface area contributed by atoms with Crippen molar-refractivity contribution < 1.29 is 23.0 Å². The van der Waals surface area contributed by atoms with Crippen molar-refractivity contribution in [3.63, 3.8) is 0 Å². The first-order chi connectivity index (χ1) is 17.9. The molecule has 0 saturated carbocycles. The Kier molecular flexibility index (Phi) is 6.34. The fourth-order valence-electron chi connectivity index (χ4n) is 4.06. The van der Waals surface area contributed by atoms with Crippen molar-refractivity contribution >= 4 is 17.0 Å². The van der Waals surface area contributed by atoms with Gasteiger partial charge >= 0.3 is 5.97 Å². The summed E-state index contributed by atoms with van der Waals surface area (Å²) in [5, 5.41) is 8.50. The predicted octanol–water partition coefficient (Wildman–Crippen LogP) is 4.50. The number of aryl methyl sites for hydroxylation is 1. The van der Waals surface area contributed by atoms with Crippen molar-refractivity contribution in [3.05, 3.63) is 83.3 Å². The number of methoxy groups -OCH3 is 1. The lowest BCUT2D eigenvalue weighted by atomic mass is 9.97. The number of esters is 1. The van der Waals surface area contributed by atoms with Gasteiger partial charge < -0.3 is 9.47 Å². The van der Waals surface area contributed by atoms with Crippen LogP contribution in [0.5, 0.6) is 5.88 Å². The summed E-state index contributed by atoms with van der Waals surface area (Å²) in [4.78, 5) is 20.8. The highest BCUT2D eigenvalue weighted by atomic mass is 19.1. The number of benzene rings is 2. The Balaban J connectivity index is 1.49. The normalized spacial score (nSPS) is 11.2. The monoisotopic (exact) mass is 504 g/mol. The highest BCUT2D eigenvalue weighted by molar-refractivity contribution is 5.88. The minimum Gasteiger partial charge on any atom is -0.479 e. The van der Waals surface area contributed by atoms with Gasteiger partial charge in [-0.15, -0.1) is 0 Å². The highest BCUT2D eigenvalue weighted by Crippen LogP contribution is 2.30. The largest absolute Gasteiger partial charge is 0.479 e. The molecule has 9 nitrogen and oxygen atoms in total. The third kappa shape index (κ3) is 4.51. The van der Waals surface area contributed by atoms with Crippen LogP contribution in [-0.2, 0) is 11.3 Å². The molecule has 0 fully saturated rings. The van der Waals surface area contributed by atoms with Crippen molar-refractivity contribution in [2.24, 2.45) is 0 Å². The first kappa shape index (κ1) is 24.0. The maximum atomic E-state index is 15.2. The van der Waals surface area contributed by atoms with Gasteiger partial charge in [0.05, 0.1) is 38.2 Å². The van der Waals surface area contributed by atoms with Crippen LogP contribution in [0, 0.1) is 18.6 Å². The highest BCUT2D eigenvalue weighted by Gasteiger charge is 2.19. The number of rotatable bonds is 7. The number of halogens is 2. The third-order valence-corrected chi connectivity index (χ3v) is 5.81. The summed E-state index contributed by atoms with van der Waals surface area (Å²) >= 11 is 0. The van der Waals surface area contributed by atoms with Gasteiger partial charge in [0.25, 0.3) is 5.95 Å². The molecule has 37 heavy (non-hydrogen) atoms. The van der Waals surface area contributed by atoms with Crippen LogP contribution in [0.15, 0.2) is 55.0 Å². The second-order valence-corrected chi connectivity index (χ2v) is 8.20. The second-order valence-electron chi connectivity index (χ2n) is 8.20. The Morgan fingerprint density at radius 1 is 1.03 bits per heavy atom. The molecule has 2 aromatic carbocycles. The van der Waals surface area contributed by atoms with Crippen LogP contribution in [-0.4, -0.2) is 49.2 Å². The second kappa shape index (κ2) is 9.76. The van der Waals surface area contributed by atoms with E-state index in [1.54, 1.807) is 38.1 Å². The maximum absolute atomic E-state index is 15.2. The van der Waals surface area contributed by atoms with E-state index in [1.807, 2.05) is 0 Å². The van der Waals surface area contributed by atoms with E-state index in [0.717, 1.165) is 5.56 Å². The van der Waals surface area contributed by atoms with Crippen LogP contribution in [0.2, 0.25) is 0 Å². The van der Waals surface area contributed by atoms with E-state index in [1.165, 1.54) is 47.2 Å². The Hall–Kier alpha value is -4.67. The summed E-state index contributed by atoms with van der Waals surface area (Å²) in [5.41, 5.74) is 3.05. The number of ether oxygens (including phenoxy) is 2. The summed E-state index contributed by atoms with van der Waals surface area (Å²) in [6.07, 6.45) is 4.33. The van der Waals surface area contributed by atoms with Crippen LogP contribution < -0.4 is 4.74 Å². The zero-order chi connectivity index (χ0) is 26.1. The Morgan fingerprint density at radius 2 is 1.84 bits per heavy atom. The zero-order valence-corrected chi connectivity index (χ0v) is 20.3. The minimum atomic E-state index is -0.507. The molecule has 5 rings (SSSR count). The van der Waals surface area contributed by atoms with Crippen molar-refractivity contribution in [2.75, 3.05) is 13.7 Å². The van der Waals surface area contributed by atoms with E-state index in [-0.39, 0.29) is 30.5 Å². The molecule has 0 radical (unpaired) electrons. The molecule has 0 spiro atoms. The molecule has 0 saturated heterocycles. The summed E-state index contributed by atoms with van der Waals surface area (Å²) in [6, 6.07) is 9.27. The van der Waals surface area contributed by atoms with Gasteiger partial charge in [-0.25, -0.2) is 23.2 Å². The van der Waals surface area contributed by atoms with Crippen LogP contribution in [0.4, 0.5) is 8.78 Å². The van der Waals surface area contributed by atoms with E-state index < -0.39 is 17.6 Å². The lowest BCUT2D eigenvalue weighted by Crippen LogP contribution is -2.08. The SMILES string of the molecule is CCOC(=O)c1cnn(-c2nc(OC)c3c(cnn3Cc3cc(C)c(-c4ccccc4F)cc3F)n2)c1. The van der Waals surface area contributed by atoms with Crippen molar-refractivity contribution in [1.29, 1.82) is 0 Å². The quantitative estimate of drug-likeness (QED) is 0.301. The molecule has 0 bridgehead atoms. The number of carbonyl (C=O) groups is 1. The molecule has 3 heterocycles. The topological polar surface area (TPSA) is 97.0 Å². The molecular weight excluding hydrogens is 482 g/mol. The third-order valence-electron chi connectivity index (χ3n) is 5.81. The molecule has 0 aliphatic rings. The van der Waals surface area contributed by atoms with Crippen molar-refractivity contribution in [2.45, 2.75) is 20.4 Å². The molecule has 0 atom stereocenters. The van der Waals surface area contributed by atoms with E-state index in [4.69, 9.17) is 9.47 Å². The van der Waals surface area contributed by atoms with Gasteiger partial charge in [0.15, 0.2) is 0 Å². The van der Waals surface area contributed by atoms with Crippen LogP contribution in [0.1, 0.15) is 28.4 Å². The molecule has 0 N–H and O–H groups in total. The van der Waals surface area contributed by atoms with Gasteiger partial charge in [0.2, 0.25) is 5.88 Å². The molecule has 0 amide bonds. The first-order valence-electron chi connectivity index (χ1n) is 11.4.